The molecule has 4 nitrogen and oxygen atoms in total. The summed E-state index contributed by atoms with van der Waals surface area (Å²) < 4.78 is 5.26. The maximum atomic E-state index is 5.26. The van der Waals surface area contributed by atoms with Crippen LogP contribution in [0.25, 0.3) is 22.0 Å². The molecule has 1 aromatic heterocycles. The Morgan fingerprint density at radius 1 is 0.889 bits per heavy atom. The summed E-state index contributed by atoms with van der Waals surface area (Å²) in [5, 5.41) is 2.39. The van der Waals surface area contributed by atoms with E-state index in [1.54, 1.807) is 7.11 Å². The average molecular weight is 408 g/mol. The third-order valence-electron chi connectivity index (χ3n) is 4.35. The highest BCUT2D eigenvalue weighted by atomic mass is 35.5. The van der Waals surface area contributed by atoms with Crippen molar-refractivity contribution in [2.24, 2.45) is 0 Å². The standard InChI is InChI=1S/C21H25N3O.2ClH/c1-23(2)13-14-24(3)21-19-8-6-5-7-17(19)15-20(22-21)16-9-11-18(25-4)12-10-16;;/h5-12,15H,13-14H2,1-4H3;2*1H. The number of methoxy groups -OCH3 is 1. The van der Waals surface area contributed by atoms with E-state index in [1.165, 1.54) is 10.8 Å². The van der Waals surface area contributed by atoms with Crippen molar-refractivity contribution in [1.29, 1.82) is 0 Å². The third kappa shape index (κ3) is 5.48. The van der Waals surface area contributed by atoms with E-state index in [4.69, 9.17) is 9.72 Å². The Balaban J connectivity index is 0.00000182. The van der Waals surface area contributed by atoms with Crippen molar-refractivity contribution >= 4 is 41.4 Å². The van der Waals surface area contributed by atoms with Gasteiger partial charge in [0, 0.05) is 31.1 Å². The van der Waals surface area contributed by atoms with Gasteiger partial charge in [0.2, 0.25) is 0 Å². The van der Waals surface area contributed by atoms with E-state index in [0.717, 1.165) is 35.9 Å². The summed E-state index contributed by atoms with van der Waals surface area (Å²) in [5.41, 5.74) is 2.07. The monoisotopic (exact) mass is 407 g/mol. The molecule has 0 unspecified atom stereocenters. The van der Waals surface area contributed by atoms with Crippen LogP contribution < -0.4 is 9.64 Å². The second kappa shape index (κ2) is 10.4. The van der Waals surface area contributed by atoms with Crippen LogP contribution in [0, 0.1) is 0 Å². The number of aromatic nitrogens is 1. The Labute approximate surface area is 174 Å². The predicted octanol–water partition coefficient (Wildman–Crippen LogP) is 4.75. The van der Waals surface area contributed by atoms with Crippen molar-refractivity contribution in [3.05, 3.63) is 54.6 Å². The summed E-state index contributed by atoms with van der Waals surface area (Å²) in [4.78, 5) is 9.39. The Morgan fingerprint density at radius 3 is 2.19 bits per heavy atom. The van der Waals surface area contributed by atoms with Gasteiger partial charge in [-0.05, 0) is 49.8 Å². The molecule has 2 aromatic carbocycles. The number of likely N-dealkylation sites (N-methyl/N-ethyl adjacent to an activating group) is 2. The Hall–Kier alpha value is -2.01. The zero-order valence-electron chi connectivity index (χ0n) is 16.2. The number of anilines is 1. The van der Waals surface area contributed by atoms with Crippen molar-refractivity contribution in [2.45, 2.75) is 0 Å². The molecule has 6 heteroatoms. The fourth-order valence-electron chi connectivity index (χ4n) is 2.84. The van der Waals surface area contributed by atoms with E-state index in [9.17, 15) is 0 Å². The first-order valence-electron chi connectivity index (χ1n) is 8.48. The maximum Gasteiger partial charge on any atom is 0.136 e. The molecule has 0 aliphatic heterocycles. The number of pyridine rings is 1. The molecule has 0 saturated heterocycles. The van der Waals surface area contributed by atoms with Gasteiger partial charge in [-0.25, -0.2) is 4.98 Å². The molecule has 0 saturated carbocycles. The molecular formula is C21H27Cl2N3O. The van der Waals surface area contributed by atoms with Crippen LogP contribution in [0.15, 0.2) is 54.6 Å². The Morgan fingerprint density at radius 2 is 1.56 bits per heavy atom. The summed E-state index contributed by atoms with van der Waals surface area (Å²) in [5.74, 6) is 1.87. The van der Waals surface area contributed by atoms with Gasteiger partial charge in [-0.1, -0.05) is 24.3 Å². The first-order valence-corrected chi connectivity index (χ1v) is 8.48. The fraction of sp³-hybridized carbons (Fsp3) is 0.286. The van der Waals surface area contributed by atoms with Crippen LogP contribution in [0.5, 0.6) is 5.75 Å². The van der Waals surface area contributed by atoms with Gasteiger partial charge in [-0.2, -0.15) is 0 Å². The van der Waals surface area contributed by atoms with Crippen molar-refractivity contribution < 1.29 is 4.74 Å². The van der Waals surface area contributed by atoms with Crippen LogP contribution in [0.2, 0.25) is 0 Å². The van der Waals surface area contributed by atoms with Gasteiger partial charge in [-0.15, -0.1) is 24.8 Å². The molecular weight excluding hydrogens is 381 g/mol. The van der Waals surface area contributed by atoms with Crippen LogP contribution in [-0.4, -0.2) is 51.2 Å². The van der Waals surface area contributed by atoms with Gasteiger partial charge in [0.15, 0.2) is 0 Å². The normalized spacial score (nSPS) is 10.3. The number of ether oxygens (including phenoxy) is 1. The second-order valence-electron chi connectivity index (χ2n) is 6.51. The number of hydrogen-bond donors (Lipinski definition) is 0. The van der Waals surface area contributed by atoms with Crippen LogP contribution in [0.1, 0.15) is 0 Å². The van der Waals surface area contributed by atoms with E-state index < -0.39 is 0 Å². The highest BCUT2D eigenvalue weighted by Gasteiger charge is 2.11. The van der Waals surface area contributed by atoms with E-state index in [-0.39, 0.29) is 24.8 Å². The number of benzene rings is 2. The minimum absolute atomic E-state index is 0. The number of fused-ring (bicyclic) bond motifs is 1. The van der Waals surface area contributed by atoms with Crippen LogP contribution >= 0.6 is 24.8 Å². The summed E-state index contributed by atoms with van der Waals surface area (Å²) in [6, 6.07) is 18.6. The minimum Gasteiger partial charge on any atom is -0.497 e. The van der Waals surface area contributed by atoms with Crippen molar-refractivity contribution in [1.82, 2.24) is 9.88 Å². The zero-order chi connectivity index (χ0) is 17.8. The predicted molar refractivity (Wildman–Crippen MR) is 120 cm³/mol. The molecule has 0 aliphatic rings. The lowest BCUT2D eigenvalue weighted by atomic mass is 10.1. The van der Waals surface area contributed by atoms with Crippen molar-refractivity contribution in [3.8, 4) is 17.0 Å². The molecule has 0 radical (unpaired) electrons. The first kappa shape index (κ1) is 23.0. The maximum absolute atomic E-state index is 5.26. The van der Waals surface area contributed by atoms with E-state index in [1.807, 2.05) is 12.1 Å². The molecule has 0 spiro atoms. The number of nitrogens with zero attached hydrogens (tertiary/aromatic N) is 3. The van der Waals surface area contributed by atoms with Gasteiger partial charge in [-0.3, -0.25) is 0 Å². The van der Waals surface area contributed by atoms with Crippen molar-refractivity contribution in [2.75, 3.05) is 46.2 Å². The van der Waals surface area contributed by atoms with Gasteiger partial charge in [0.25, 0.3) is 0 Å². The highest BCUT2D eigenvalue weighted by molar-refractivity contribution is 5.94. The molecule has 0 amide bonds. The van der Waals surface area contributed by atoms with Crippen LogP contribution in [-0.2, 0) is 0 Å². The smallest absolute Gasteiger partial charge is 0.136 e. The van der Waals surface area contributed by atoms with Gasteiger partial charge in [0.1, 0.15) is 11.6 Å². The average Bonchev–Trinajstić information content (AvgIpc) is 2.65. The summed E-state index contributed by atoms with van der Waals surface area (Å²) in [6.07, 6.45) is 0. The summed E-state index contributed by atoms with van der Waals surface area (Å²) in [7, 11) is 7.97. The molecule has 1 heterocycles. The van der Waals surface area contributed by atoms with Gasteiger partial charge >= 0.3 is 0 Å². The number of halogens is 2. The SMILES string of the molecule is COc1ccc(-c2cc3ccccc3c(N(C)CCN(C)C)n2)cc1.Cl.Cl. The van der Waals surface area contributed by atoms with Gasteiger partial charge < -0.3 is 14.5 Å². The largest absolute Gasteiger partial charge is 0.497 e. The Bertz CT molecular complexity index is 854. The summed E-state index contributed by atoms with van der Waals surface area (Å²) >= 11 is 0. The van der Waals surface area contributed by atoms with Gasteiger partial charge in [0.05, 0.1) is 12.8 Å². The zero-order valence-corrected chi connectivity index (χ0v) is 17.8. The molecule has 0 atom stereocenters. The minimum atomic E-state index is 0. The highest BCUT2D eigenvalue weighted by Crippen LogP contribution is 2.30. The first-order chi connectivity index (χ1) is 12.1. The lowest BCUT2D eigenvalue weighted by molar-refractivity contribution is 0.415. The lowest BCUT2D eigenvalue weighted by Crippen LogP contribution is -2.29. The topological polar surface area (TPSA) is 28.6 Å². The second-order valence-corrected chi connectivity index (χ2v) is 6.51. The molecule has 146 valence electrons. The van der Waals surface area contributed by atoms with Crippen LogP contribution in [0.3, 0.4) is 0 Å². The molecule has 0 fully saturated rings. The summed E-state index contributed by atoms with van der Waals surface area (Å²) in [6.45, 7) is 1.91. The van der Waals surface area contributed by atoms with Crippen LogP contribution in [0.4, 0.5) is 5.82 Å². The van der Waals surface area contributed by atoms with Crippen molar-refractivity contribution in [3.63, 3.8) is 0 Å². The van der Waals surface area contributed by atoms with E-state index in [2.05, 4.69) is 73.4 Å². The molecule has 3 aromatic rings. The Kier molecular flexibility index (Phi) is 8.83. The van der Waals surface area contributed by atoms with E-state index in [0.29, 0.717) is 0 Å². The molecule has 0 bridgehead atoms. The number of hydrogen-bond acceptors (Lipinski definition) is 4. The molecule has 0 N–H and O–H groups in total. The third-order valence-corrected chi connectivity index (χ3v) is 4.35. The van der Waals surface area contributed by atoms with E-state index >= 15 is 0 Å². The number of rotatable bonds is 6. The molecule has 3 rings (SSSR count). The molecule has 27 heavy (non-hydrogen) atoms. The quantitative estimate of drug-likeness (QED) is 0.589. The lowest BCUT2D eigenvalue weighted by Gasteiger charge is -2.23. The molecule has 0 aliphatic carbocycles. The fourth-order valence-corrected chi connectivity index (χ4v) is 2.84.